The molecule has 1 atom stereocenters. The number of nitrogens with one attached hydrogen (secondary N) is 2. The van der Waals surface area contributed by atoms with E-state index in [0.29, 0.717) is 23.6 Å². The molecule has 6 nitrogen and oxygen atoms in total. The van der Waals surface area contributed by atoms with Crippen molar-refractivity contribution in [2.45, 2.75) is 26.1 Å². The number of carbonyl (C=O) groups is 1. The Morgan fingerprint density at radius 3 is 2.79 bits per heavy atom. The van der Waals surface area contributed by atoms with Gasteiger partial charge in [-0.25, -0.2) is 13.8 Å². The summed E-state index contributed by atoms with van der Waals surface area (Å²) in [6.07, 6.45) is 1.56. The van der Waals surface area contributed by atoms with Gasteiger partial charge in [0, 0.05) is 25.4 Å². The lowest BCUT2D eigenvalue weighted by Gasteiger charge is -2.27. The summed E-state index contributed by atoms with van der Waals surface area (Å²) in [4.78, 5) is 17.8. The standard InChI is InChI=1S/C25H21ClF2N4O2/c1-14-23(25(33)31-21-11-29-10-15-5-2-3-6-17(15)21)32-12-16(26)9-22(24(32)30-14)34-13-18-19(27)7-4-8-20(18)28/h2-9,12,21,29H,10-11,13H2,1H3,(H,31,33). The molecule has 0 spiro atoms. The van der Waals surface area contributed by atoms with Crippen LogP contribution in [0, 0.1) is 18.6 Å². The molecule has 34 heavy (non-hydrogen) atoms. The van der Waals surface area contributed by atoms with Gasteiger partial charge in [-0.15, -0.1) is 0 Å². The normalized spacial score (nSPS) is 15.2. The van der Waals surface area contributed by atoms with Crippen LogP contribution in [0.1, 0.15) is 38.9 Å². The number of fused-ring (bicyclic) bond motifs is 2. The number of aryl methyl sites for hydroxylation is 1. The maximum Gasteiger partial charge on any atom is 0.270 e. The largest absolute Gasteiger partial charge is 0.485 e. The number of carbonyl (C=O) groups excluding carboxylic acids is 1. The third-order valence-corrected chi connectivity index (χ3v) is 6.08. The minimum atomic E-state index is -0.709. The van der Waals surface area contributed by atoms with E-state index < -0.39 is 11.6 Å². The van der Waals surface area contributed by atoms with Crippen LogP contribution in [0.15, 0.2) is 54.7 Å². The fourth-order valence-electron chi connectivity index (χ4n) is 4.25. The number of rotatable bonds is 5. The fraction of sp³-hybridized carbons (Fsp3) is 0.200. The van der Waals surface area contributed by atoms with Crippen LogP contribution in [0.25, 0.3) is 5.65 Å². The van der Waals surface area contributed by atoms with Crippen LogP contribution in [-0.2, 0) is 13.2 Å². The highest BCUT2D eigenvalue weighted by Crippen LogP contribution is 2.29. The van der Waals surface area contributed by atoms with E-state index in [0.717, 1.165) is 29.8 Å². The predicted molar refractivity (Wildman–Crippen MR) is 124 cm³/mol. The van der Waals surface area contributed by atoms with Crippen molar-refractivity contribution in [3.63, 3.8) is 0 Å². The number of amides is 1. The molecule has 1 aliphatic rings. The Bertz CT molecular complexity index is 1390. The van der Waals surface area contributed by atoms with Gasteiger partial charge < -0.3 is 15.4 Å². The van der Waals surface area contributed by atoms with E-state index in [9.17, 15) is 13.6 Å². The zero-order valence-corrected chi connectivity index (χ0v) is 19.0. The number of ether oxygens (including phenoxy) is 1. The first-order valence-corrected chi connectivity index (χ1v) is 11.1. The van der Waals surface area contributed by atoms with Gasteiger partial charge >= 0.3 is 0 Å². The van der Waals surface area contributed by atoms with E-state index in [-0.39, 0.29) is 34.9 Å². The van der Waals surface area contributed by atoms with Crippen molar-refractivity contribution in [3.05, 3.63) is 99.5 Å². The van der Waals surface area contributed by atoms with Gasteiger partial charge in [0.2, 0.25) is 0 Å². The van der Waals surface area contributed by atoms with Crippen LogP contribution < -0.4 is 15.4 Å². The first-order valence-electron chi connectivity index (χ1n) is 10.8. The third kappa shape index (κ3) is 4.10. The predicted octanol–water partition coefficient (Wildman–Crippen LogP) is 4.73. The van der Waals surface area contributed by atoms with Gasteiger partial charge in [0.25, 0.3) is 5.91 Å². The Balaban J connectivity index is 1.46. The van der Waals surface area contributed by atoms with Gasteiger partial charge in [-0.1, -0.05) is 41.9 Å². The Morgan fingerprint density at radius 2 is 2.00 bits per heavy atom. The Morgan fingerprint density at radius 1 is 1.24 bits per heavy atom. The average molecular weight is 483 g/mol. The molecule has 0 bridgehead atoms. The van der Waals surface area contributed by atoms with Crippen LogP contribution in [0.5, 0.6) is 5.75 Å². The van der Waals surface area contributed by atoms with Gasteiger partial charge in [-0.2, -0.15) is 0 Å². The molecule has 0 aliphatic carbocycles. The summed E-state index contributed by atoms with van der Waals surface area (Å²) < 4.78 is 35.3. The molecule has 1 amide bonds. The molecule has 2 aromatic carbocycles. The molecule has 3 heterocycles. The van der Waals surface area contributed by atoms with Crippen molar-refractivity contribution in [1.29, 1.82) is 0 Å². The topological polar surface area (TPSA) is 67.7 Å². The molecule has 0 fully saturated rings. The summed E-state index contributed by atoms with van der Waals surface area (Å²) in [7, 11) is 0. The highest BCUT2D eigenvalue weighted by atomic mass is 35.5. The molecular weight excluding hydrogens is 462 g/mol. The highest BCUT2D eigenvalue weighted by Gasteiger charge is 2.25. The molecule has 2 N–H and O–H groups in total. The van der Waals surface area contributed by atoms with Gasteiger partial charge in [0.1, 0.15) is 23.9 Å². The Hall–Kier alpha value is -3.49. The van der Waals surface area contributed by atoms with Crippen LogP contribution in [0.3, 0.4) is 0 Å². The lowest BCUT2D eigenvalue weighted by Crippen LogP contribution is -2.39. The summed E-state index contributed by atoms with van der Waals surface area (Å²) in [5.74, 6) is -1.53. The molecule has 1 unspecified atom stereocenters. The zero-order chi connectivity index (χ0) is 23.8. The molecule has 4 aromatic rings. The van der Waals surface area contributed by atoms with E-state index >= 15 is 0 Å². The van der Waals surface area contributed by atoms with E-state index in [4.69, 9.17) is 16.3 Å². The fourth-order valence-corrected chi connectivity index (χ4v) is 4.44. The van der Waals surface area contributed by atoms with Crippen LogP contribution in [0.4, 0.5) is 8.78 Å². The number of pyridine rings is 1. The van der Waals surface area contributed by atoms with Gasteiger partial charge in [-0.3, -0.25) is 9.20 Å². The molecule has 174 valence electrons. The molecular formula is C25H21ClF2N4O2. The summed E-state index contributed by atoms with van der Waals surface area (Å²) >= 11 is 6.29. The quantitative estimate of drug-likeness (QED) is 0.431. The molecule has 1 aliphatic heterocycles. The number of halogens is 3. The monoisotopic (exact) mass is 482 g/mol. The average Bonchev–Trinajstić information content (AvgIpc) is 3.14. The van der Waals surface area contributed by atoms with E-state index in [1.165, 1.54) is 12.1 Å². The maximum atomic E-state index is 14.0. The molecule has 0 saturated heterocycles. The van der Waals surface area contributed by atoms with Gasteiger partial charge in [0.05, 0.1) is 22.3 Å². The SMILES string of the molecule is Cc1nc2c(OCc3c(F)cccc3F)cc(Cl)cn2c1C(=O)NC1CNCc2ccccc21. The lowest BCUT2D eigenvalue weighted by molar-refractivity contribution is 0.0928. The van der Waals surface area contributed by atoms with Crippen molar-refractivity contribution in [3.8, 4) is 5.75 Å². The van der Waals surface area contributed by atoms with Crippen LogP contribution in [0.2, 0.25) is 5.02 Å². The molecule has 0 radical (unpaired) electrons. The third-order valence-electron chi connectivity index (χ3n) is 5.88. The van der Waals surface area contributed by atoms with Gasteiger partial charge in [0.15, 0.2) is 11.4 Å². The summed E-state index contributed by atoms with van der Waals surface area (Å²) in [6, 6.07) is 12.9. The molecule has 2 aromatic heterocycles. The number of hydrogen-bond acceptors (Lipinski definition) is 4. The van der Waals surface area contributed by atoms with E-state index in [1.54, 1.807) is 17.5 Å². The molecule has 5 rings (SSSR count). The minimum absolute atomic E-state index is 0.203. The van der Waals surface area contributed by atoms with Crippen LogP contribution >= 0.6 is 11.6 Å². The first-order chi connectivity index (χ1) is 16.4. The second kappa shape index (κ2) is 9.04. The van der Waals surface area contributed by atoms with Gasteiger partial charge in [-0.05, 0) is 30.2 Å². The smallest absolute Gasteiger partial charge is 0.270 e. The lowest BCUT2D eigenvalue weighted by atomic mass is 9.96. The summed E-state index contributed by atoms with van der Waals surface area (Å²) in [5.41, 5.74) is 3.10. The van der Waals surface area contributed by atoms with Crippen molar-refractivity contribution in [2.24, 2.45) is 0 Å². The number of aromatic nitrogens is 2. The summed E-state index contributed by atoms with van der Waals surface area (Å²) in [6.45, 7) is 2.70. The maximum absolute atomic E-state index is 14.0. The first kappa shape index (κ1) is 22.3. The van der Waals surface area contributed by atoms with E-state index in [1.807, 2.05) is 24.3 Å². The molecule has 0 saturated carbocycles. The van der Waals surface area contributed by atoms with Crippen molar-refractivity contribution >= 4 is 23.2 Å². The Kier molecular flexibility index (Phi) is 5.93. The van der Waals surface area contributed by atoms with Crippen molar-refractivity contribution in [1.82, 2.24) is 20.0 Å². The Labute approximate surface area is 199 Å². The van der Waals surface area contributed by atoms with E-state index in [2.05, 4.69) is 15.6 Å². The second-order valence-electron chi connectivity index (χ2n) is 8.11. The number of nitrogens with zero attached hydrogens (tertiary/aromatic N) is 2. The number of hydrogen-bond donors (Lipinski definition) is 2. The zero-order valence-electron chi connectivity index (χ0n) is 18.2. The number of imidazole rings is 1. The van der Waals surface area contributed by atoms with Crippen molar-refractivity contribution in [2.75, 3.05) is 6.54 Å². The highest BCUT2D eigenvalue weighted by molar-refractivity contribution is 6.30. The molecule has 9 heteroatoms. The summed E-state index contributed by atoms with van der Waals surface area (Å²) in [5, 5.41) is 6.68. The second-order valence-corrected chi connectivity index (χ2v) is 8.54. The minimum Gasteiger partial charge on any atom is -0.485 e. The van der Waals surface area contributed by atoms with Crippen LogP contribution in [-0.4, -0.2) is 21.8 Å². The number of benzene rings is 2. The van der Waals surface area contributed by atoms with Crippen molar-refractivity contribution < 1.29 is 18.3 Å².